The van der Waals surface area contributed by atoms with E-state index in [1.807, 2.05) is 12.2 Å². The molecular weight excluding hydrogens is 452 g/mol. The summed E-state index contributed by atoms with van der Waals surface area (Å²) in [7, 11) is 0. The summed E-state index contributed by atoms with van der Waals surface area (Å²) in [6.45, 7) is -0.267. The molecule has 0 bridgehead atoms. The van der Waals surface area contributed by atoms with Gasteiger partial charge in [-0.2, -0.15) is 13.2 Å². The van der Waals surface area contributed by atoms with Crippen molar-refractivity contribution in [2.24, 2.45) is 11.8 Å². The van der Waals surface area contributed by atoms with Crippen molar-refractivity contribution in [3.63, 3.8) is 0 Å². The number of carboxylic acids is 1. The molecule has 0 radical (unpaired) electrons. The van der Waals surface area contributed by atoms with Crippen LogP contribution in [-0.2, 0) is 11.0 Å². The Hall–Kier alpha value is -1.36. The fourth-order valence-corrected chi connectivity index (χ4v) is 3.70. The SMILES string of the molecule is O=C(O)CCC/C=C\C[C@@H]1[C@@H](/C=C/[C@@H](O)COc2cccc(C(F)(F)F)c2)[C@H](O)C[C@@H]1O.[H-].[Na+]. The van der Waals surface area contributed by atoms with Crippen LogP contribution in [0.4, 0.5) is 13.2 Å². The van der Waals surface area contributed by atoms with Crippen LogP contribution in [0.25, 0.3) is 0 Å². The van der Waals surface area contributed by atoms with Gasteiger partial charge >= 0.3 is 41.7 Å². The van der Waals surface area contributed by atoms with Gasteiger partial charge in [-0.15, -0.1) is 0 Å². The maximum absolute atomic E-state index is 12.8. The van der Waals surface area contributed by atoms with Gasteiger partial charge in [-0.1, -0.05) is 30.4 Å². The number of aliphatic hydroxyl groups excluding tert-OH is 3. The van der Waals surface area contributed by atoms with E-state index < -0.39 is 41.9 Å². The molecule has 180 valence electrons. The Morgan fingerprint density at radius 3 is 2.64 bits per heavy atom. The van der Waals surface area contributed by atoms with E-state index in [9.17, 15) is 33.3 Å². The first-order valence-corrected chi connectivity index (χ1v) is 10.5. The average Bonchev–Trinajstić information content (AvgIpc) is 2.99. The Balaban J connectivity index is 0.00000544. The van der Waals surface area contributed by atoms with Gasteiger partial charge in [-0.3, -0.25) is 4.79 Å². The molecule has 0 saturated heterocycles. The summed E-state index contributed by atoms with van der Waals surface area (Å²) in [5, 5.41) is 39.2. The molecule has 4 N–H and O–H groups in total. The van der Waals surface area contributed by atoms with E-state index in [0.29, 0.717) is 19.3 Å². The molecule has 0 unspecified atom stereocenters. The topological polar surface area (TPSA) is 107 Å². The van der Waals surface area contributed by atoms with Gasteiger partial charge in [0.2, 0.25) is 0 Å². The van der Waals surface area contributed by atoms with Gasteiger partial charge in [0.1, 0.15) is 18.5 Å². The zero-order valence-corrected chi connectivity index (χ0v) is 20.5. The number of halogens is 3. The minimum atomic E-state index is -4.49. The number of aliphatic hydroxyl groups is 3. The largest absolute Gasteiger partial charge is 1.00 e. The van der Waals surface area contributed by atoms with Crippen molar-refractivity contribution in [2.75, 3.05) is 6.61 Å². The maximum Gasteiger partial charge on any atom is 1.00 e. The third-order valence-electron chi connectivity index (χ3n) is 5.39. The summed E-state index contributed by atoms with van der Waals surface area (Å²) in [6, 6.07) is 4.36. The van der Waals surface area contributed by atoms with Crippen molar-refractivity contribution in [1.82, 2.24) is 0 Å². The predicted octanol–water partition coefficient (Wildman–Crippen LogP) is 0.677. The van der Waals surface area contributed by atoms with Crippen LogP contribution in [0, 0.1) is 11.8 Å². The summed E-state index contributed by atoms with van der Waals surface area (Å²) in [5.41, 5.74) is -0.845. The van der Waals surface area contributed by atoms with Crippen LogP contribution in [0.1, 0.15) is 39.1 Å². The number of allylic oxidation sites excluding steroid dienone is 2. The number of alkyl halides is 3. The third kappa shape index (κ3) is 10.2. The molecule has 10 heteroatoms. The molecule has 1 fully saturated rings. The molecule has 1 aromatic carbocycles. The molecule has 0 spiro atoms. The number of unbranched alkanes of at least 4 members (excludes halogenated alkanes) is 1. The summed E-state index contributed by atoms with van der Waals surface area (Å²) in [5.74, 6) is -1.55. The van der Waals surface area contributed by atoms with Crippen molar-refractivity contribution < 1.29 is 74.1 Å². The Morgan fingerprint density at radius 1 is 1.24 bits per heavy atom. The molecule has 0 heterocycles. The number of benzene rings is 1. The molecule has 33 heavy (non-hydrogen) atoms. The molecular formula is C23H30F3NaO6. The minimum absolute atomic E-state index is 0. The first-order chi connectivity index (χ1) is 15.1. The molecule has 1 aromatic rings. The fourth-order valence-electron chi connectivity index (χ4n) is 3.70. The van der Waals surface area contributed by atoms with Crippen LogP contribution in [0.5, 0.6) is 5.75 Å². The normalized spacial score (nSPS) is 24.2. The minimum Gasteiger partial charge on any atom is -1.00 e. The number of ether oxygens (including phenoxy) is 1. The van der Waals surface area contributed by atoms with Crippen LogP contribution in [0.15, 0.2) is 48.6 Å². The van der Waals surface area contributed by atoms with Gasteiger partial charge in [-0.25, -0.2) is 0 Å². The molecule has 1 aliphatic rings. The summed E-state index contributed by atoms with van der Waals surface area (Å²) < 4.78 is 43.5. The average molecular weight is 482 g/mol. The van der Waals surface area contributed by atoms with Crippen LogP contribution in [0.3, 0.4) is 0 Å². The van der Waals surface area contributed by atoms with Crippen LogP contribution in [-0.4, -0.2) is 51.3 Å². The predicted molar refractivity (Wildman–Crippen MR) is 112 cm³/mol. The zero-order chi connectivity index (χ0) is 23.7. The Morgan fingerprint density at radius 2 is 1.97 bits per heavy atom. The van der Waals surface area contributed by atoms with E-state index in [4.69, 9.17) is 9.84 Å². The van der Waals surface area contributed by atoms with Crippen molar-refractivity contribution in [2.45, 2.75) is 56.6 Å². The van der Waals surface area contributed by atoms with Gasteiger partial charge in [0.05, 0.1) is 17.8 Å². The smallest absolute Gasteiger partial charge is 1.00 e. The Bertz CT molecular complexity index is 805. The first kappa shape index (κ1) is 29.7. The van der Waals surface area contributed by atoms with Crippen molar-refractivity contribution in [3.05, 3.63) is 54.1 Å². The second kappa shape index (κ2) is 14.1. The number of carboxylic acid groups (broad SMARTS) is 1. The molecule has 0 aliphatic heterocycles. The second-order valence-electron chi connectivity index (χ2n) is 7.89. The third-order valence-corrected chi connectivity index (χ3v) is 5.39. The number of aliphatic carboxylic acids is 1. The standard InChI is InChI=1S/C23H29F3O6.Na.H/c24-23(25,26)15-6-5-7-17(12-15)32-14-16(27)10-11-19-18(20(28)13-21(19)29)8-3-1-2-4-9-22(30)31;;/h1,3,5-7,10-12,16,18-21,27-29H,2,4,8-9,13-14H2,(H,30,31);;/q;+1;-1/b3-1-,11-10+;;/t16-,18-,19-,20+,21-;;/m1../s1. The van der Waals surface area contributed by atoms with E-state index in [-0.39, 0.29) is 62.1 Å². The Labute approximate surface area is 214 Å². The van der Waals surface area contributed by atoms with E-state index in [1.54, 1.807) is 6.08 Å². The van der Waals surface area contributed by atoms with Gasteiger partial charge < -0.3 is 26.6 Å². The molecule has 0 amide bonds. The monoisotopic (exact) mass is 482 g/mol. The molecule has 1 aliphatic carbocycles. The number of rotatable bonds is 11. The fraction of sp³-hybridized carbons (Fsp3) is 0.522. The quantitative estimate of drug-likeness (QED) is 0.210. The molecule has 5 atom stereocenters. The molecule has 0 aromatic heterocycles. The van der Waals surface area contributed by atoms with Gasteiger partial charge in [0, 0.05) is 18.8 Å². The van der Waals surface area contributed by atoms with Gasteiger partial charge in [0.15, 0.2) is 0 Å². The van der Waals surface area contributed by atoms with Crippen molar-refractivity contribution in [1.29, 1.82) is 0 Å². The van der Waals surface area contributed by atoms with Crippen LogP contribution < -0.4 is 34.3 Å². The molecule has 6 nitrogen and oxygen atoms in total. The number of hydrogen-bond acceptors (Lipinski definition) is 5. The van der Waals surface area contributed by atoms with Crippen LogP contribution in [0.2, 0.25) is 0 Å². The number of carbonyl (C=O) groups is 1. The Kier molecular flexibility index (Phi) is 12.7. The zero-order valence-electron chi connectivity index (χ0n) is 19.5. The summed E-state index contributed by atoms with van der Waals surface area (Å²) >= 11 is 0. The van der Waals surface area contributed by atoms with E-state index >= 15 is 0 Å². The van der Waals surface area contributed by atoms with Crippen LogP contribution >= 0.6 is 0 Å². The summed E-state index contributed by atoms with van der Waals surface area (Å²) in [6.07, 6.45) is 1.48. The molecule has 1 saturated carbocycles. The van der Waals surface area contributed by atoms with Gasteiger partial charge in [0.25, 0.3) is 0 Å². The number of hydrogen-bond donors (Lipinski definition) is 4. The van der Waals surface area contributed by atoms with Crippen molar-refractivity contribution >= 4 is 5.97 Å². The molecule has 2 rings (SSSR count). The van der Waals surface area contributed by atoms with E-state index in [0.717, 1.165) is 12.1 Å². The van der Waals surface area contributed by atoms with Gasteiger partial charge in [-0.05, 0) is 43.4 Å². The summed E-state index contributed by atoms with van der Waals surface area (Å²) in [4.78, 5) is 10.5. The van der Waals surface area contributed by atoms with Crippen molar-refractivity contribution in [3.8, 4) is 5.75 Å². The van der Waals surface area contributed by atoms with E-state index in [2.05, 4.69) is 0 Å². The first-order valence-electron chi connectivity index (χ1n) is 10.5. The maximum atomic E-state index is 12.8. The second-order valence-corrected chi connectivity index (χ2v) is 7.89. The van der Waals surface area contributed by atoms with E-state index in [1.165, 1.54) is 18.2 Å².